The van der Waals surface area contributed by atoms with Crippen LogP contribution < -0.4 is 25.7 Å². The van der Waals surface area contributed by atoms with E-state index in [9.17, 15) is 18.4 Å². The van der Waals surface area contributed by atoms with Gasteiger partial charge >= 0.3 is 0 Å². The number of carbonyl (C=O) groups is 1. The summed E-state index contributed by atoms with van der Waals surface area (Å²) in [5, 5.41) is 16.9. The second-order valence-electron chi connectivity index (χ2n) is 15.3. The molecule has 11 nitrogen and oxygen atoms in total. The zero-order valence-corrected chi connectivity index (χ0v) is 30.6. The molecule has 3 aromatic carbocycles. The van der Waals surface area contributed by atoms with Gasteiger partial charge in [-0.25, -0.2) is 13.1 Å². The molecule has 51 heavy (non-hydrogen) atoms. The average Bonchev–Trinajstić information content (AvgIpc) is 3.15. The number of fused-ring (bicyclic) bond motifs is 2. The van der Waals surface area contributed by atoms with E-state index in [4.69, 9.17) is 4.74 Å². The maximum absolute atomic E-state index is 13.1. The highest BCUT2D eigenvalue weighted by atomic mass is 32.2. The van der Waals surface area contributed by atoms with Gasteiger partial charge in [-0.2, -0.15) is 0 Å². The maximum atomic E-state index is 13.1. The number of piperazine rings is 1. The molecule has 2 heterocycles. The van der Waals surface area contributed by atoms with Crippen LogP contribution in [0.4, 0.5) is 22.7 Å². The Balaban J connectivity index is 0.909. The number of hydrogen-bond acceptors (Lipinski definition) is 10. The van der Waals surface area contributed by atoms with E-state index in [1.54, 1.807) is 18.2 Å². The fourth-order valence-electron chi connectivity index (χ4n) is 8.59. The summed E-state index contributed by atoms with van der Waals surface area (Å²) in [5.41, 5.74) is 7.16. The molecule has 3 aliphatic carbocycles. The third-order valence-electron chi connectivity index (χ3n) is 12.0. The van der Waals surface area contributed by atoms with E-state index >= 15 is 0 Å². The second kappa shape index (κ2) is 15.0. The number of rotatable bonds is 12. The highest BCUT2D eigenvalue weighted by Crippen LogP contribution is 2.59. The number of sulfonamides is 1. The molecule has 3 atom stereocenters. The first-order valence-electron chi connectivity index (χ1n) is 18.5. The van der Waals surface area contributed by atoms with Crippen molar-refractivity contribution < 1.29 is 23.2 Å². The number of para-hydroxylation sites is 1. The molecule has 5 N–H and O–H groups in total. The van der Waals surface area contributed by atoms with Gasteiger partial charge in [0.05, 0.1) is 16.3 Å². The van der Waals surface area contributed by atoms with E-state index in [0.29, 0.717) is 29.6 Å². The lowest BCUT2D eigenvalue weighted by Gasteiger charge is -2.60. The standard InChI is InChI=1S/C39H52N6O5S/c1-39(2)30-9-13-35(33(39)23-30)41-34-6-4-3-5-29(34)26-44-17-19-45(20-18-44)31-10-7-28(8-11-31)38(46)43-51(48,49)32-12-14-36(37(24-32)42-47)40-25-27-15-21-50-22-16-27/h3-8,10-12,14,24,27,30,33,35,40-42,47H,9,13,15-23,25-26H2,1-2H3,(H,43,46)/t30-,33-,35?/m0/s1. The quantitative estimate of drug-likeness (QED) is 0.142. The first kappa shape index (κ1) is 35.6. The largest absolute Gasteiger partial charge is 0.383 e. The molecule has 3 saturated carbocycles. The number of nitrogens with zero attached hydrogens (tertiary/aromatic N) is 2. The summed E-state index contributed by atoms with van der Waals surface area (Å²) in [6, 6.07) is 20.7. The molecule has 5 aliphatic rings. The normalized spacial score (nSPS) is 23.6. The van der Waals surface area contributed by atoms with E-state index in [1.165, 1.54) is 42.6 Å². The molecule has 0 aromatic heterocycles. The molecule has 3 aromatic rings. The Kier molecular flexibility index (Phi) is 10.5. The van der Waals surface area contributed by atoms with Gasteiger partial charge in [0, 0.05) is 75.5 Å². The van der Waals surface area contributed by atoms with Gasteiger partial charge in [-0.05, 0) is 109 Å². The van der Waals surface area contributed by atoms with Crippen LogP contribution in [0.5, 0.6) is 0 Å². The lowest BCUT2D eigenvalue weighted by molar-refractivity contribution is -0.0728. The molecule has 1 unspecified atom stereocenters. The van der Waals surface area contributed by atoms with Crippen LogP contribution in [-0.2, 0) is 21.3 Å². The molecule has 2 bridgehead atoms. The molecule has 5 fully saturated rings. The zero-order chi connectivity index (χ0) is 35.6. The van der Waals surface area contributed by atoms with Crippen molar-refractivity contribution in [1.29, 1.82) is 0 Å². The van der Waals surface area contributed by atoms with Crippen LogP contribution in [0.25, 0.3) is 0 Å². The minimum absolute atomic E-state index is 0.133. The van der Waals surface area contributed by atoms with E-state index < -0.39 is 15.9 Å². The monoisotopic (exact) mass is 716 g/mol. The smallest absolute Gasteiger partial charge is 0.264 e. The number of amides is 1. The predicted molar refractivity (Wildman–Crippen MR) is 201 cm³/mol. The molecule has 0 spiro atoms. The molecule has 12 heteroatoms. The van der Waals surface area contributed by atoms with Gasteiger partial charge in [0.25, 0.3) is 15.9 Å². The highest BCUT2D eigenvalue weighted by Gasteiger charge is 2.54. The van der Waals surface area contributed by atoms with Crippen molar-refractivity contribution in [3.05, 3.63) is 77.9 Å². The Labute approximate surface area is 302 Å². The summed E-state index contributed by atoms with van der Waals surface area (Å²) in [6.07, 6.45) is 5.82. The van der Waals surface area contributed by atoms with E-state index in [1.807, 2.05) is 12.1 Å². The number of benzene rings is 3. The molecule has 0 radical (unpaired) electrons. The van der Waals surface area contributed by atoms with Gasteiger partial charge in [0.2, 0.25) is 0 Å². The fraction of sp³-hybridized carbons (Fsp3) is 0.513. The summed E-state index contributed by atoms with van der Waals surface area (Å²) in [6.45, 7) is 11.5. The van der Waals surface area contributed by atoms with Crippen molar-refractivity contribution in [2.45, 2.75) is 63.4 Å². The van der Waals surface area contributed by atoms with Crippen LogP contribution in [-0.4, -0.2) is 76.4 Å². The summed E-state index contributed by atoms with van der Waals surface area (Å²) in [7, 11) is -4.19. The third-order valence-corrected chi connectivity index (χ3v) is 13.4. The van der Waals surface area contributed by atoms with Gasteiger partial charge in [-0.15, -0.1) is 0 Å². The molecule has 8 rings (SSSR count). The number of ether oxygens (including phenoxy) is 1. The fourth-order valence-corrected chi connectivity index (χ4v) is 9.59. The maximum Gasteiger partial charge on any atom is 0.264 e. The van der Waals surface area contributed by atoms with Gasteiger partial charge in [0.15, 0.2) is 0 Å². The minimum Gasteiger partial charge on any atom is -0.383 e. The summed E-state index contributed by atoms with van der Waals surface area (Å²) in [4.78, 5) is 17.7. The molecule has 2 saturated heterocycles. The Morgan fingerprint density at radius 2 is 1.65 bits per heavy atom. The van der Waals surface area contributed by atoms with Crippen LogP contribution in [0.15, 0.2) is 71.6 Å². The summed E-state index contributed by atoms with van der Waals surface area (Å²) < 4.78 is 33.9. The first-order valence-corrected chi connectivity index (χ1v) is 19.9. The Bertz CT molecular complexity index is 1790. The number of hydrogen-bond donors (Lipinski definition) is 5. The van der Waals surface area contributed by atoms with E-state index in [2.05, 4.69) is 68.7 Å². The van der Waals surface area contributed by atoms with Crippen molar-refractivity contribution in [1.82, 2.24) is 9.62 Å². The van der Waals surface area contributed by atoms with Crippen molar-refractivity contribution in [3.63, 3.8) is 0 Å². The summed E-state index contributed by atoms with van der Waals surface area (Å²) >= 11 is 0. The molecular weight excluding hydrogens is 665 g/mol. The zero-order valence-electron chi connectivity index (χ0n) is 29.7. The van der Waals surface area contributed by atoms with Crippen LogP contribution in [0.2, 0.25) is 0 Å². The second-order valence-corrected chi connectivity index (χ2v) is 17.0. The SMILES string of the molecule is CC1(C)[C@H]2CCC(Nc3ccccc3CN3CCN(c4ccc(C(=O)NS(=O)(=O)c5ccc(NCC6CCOCC6)c(NO)c5)cc4)CC3)[C@@H]1C2. The number of anilines is 4. The van der Waals surface area contributed by atoms with Crippen LogP contribution >= 0.6 is 0 Å². The summed E-state index contributed by atoms with van der Waals surface area (Å²) in [5.74, 6) is 1.36. The topological polar surface area (TPSA) is 135 Å². The lowest BCUT2D eigenvalue weighted by atomic mass is 9.47. The lowest BCUT2D eigenvalue weighted by Crippen LogP contribution is -2.56. The van der Waals surface area contributed by atoms with Gasteiger partial charge in [0.1, 0.15) is 0 Å². The third kappa shape index (κ3) is 7.84. The van der Waals surface area contributed by atoms with Crippen molar-refractivity contribution in [2.24, 2.45) is 23.2 Å². The number of carbonyl (C=O) groups excluding carboxylic acids is 1. The predicted octanol–water partition coefficient (Wildman–Crippen LogP) is 6.00. The Morgan fingerprint density at radius 3 is 2.35 bits per heavy atom. The van der Waals surface area contributed by atoms with Gasteiger partial charge in [-0.3, -0.25) is 20.4 Å². The van der Waals surface area contributed by atoms with Crippen LogP contribution in [0, 0.1) is 23.2 Å². The Hall–Kier alpha value is -3.84. The average molecular weight is 717 g/mol. The van der Waals surface area contributed by atoms with Crippen molar-refractivity contribution in [2.75, 3.05) is 67.0 Å². The molecular formula is C39H52N6O5S. The molecule has 2 aliphatic heterocycles. The van der Waals surface area contributed by atoms with Crippen molar-refractivity contribution in [3.8, 4) is 0 Å². The van der Waals surface area contributed by atoms with Crippen LogP contribution in [0.1, 0.15) is 61.9 Å². The first-order chi connectivity index (χ1) is 24.6. The van der Waals surface area contributed by atoms with E-state index in [0.717, 1.165) is 76.3 Å². The number of nitrogens with one attached hydrogen (secondary N) is 4. The minimum atomic E-state index is -4.19. The van der Waals surface area contributed by atoms with Gasteiger partial charge in [-0.1, -0.05) is 32.0 Å². The molecule has 274 valence electrons. The Morgan fingerprint density at radius 1 is 0.902 bits per heavy atom. The highest BCUT2D eigenvalue weighted by molar-refractivity contribution is 7.90. The van der Waals surface area contributed by atoms with Gasteiger partial charge < -0.3 is 20.3 Å². The molecule has 1 amide bonds. The van der Waals surface area contributed by atoms with E-state index in [-0.39, 0.29) is 16.1 Å². The van der Waals surface area contributed by atoms with Crippen LogP contribution in [0.3, 0.4) is 0 Å². The van der Waals surface area contributed by atoms with Crippen molar-refractivity contribution >= 4 is 38.7 Å².